The second kappa shape index (κ2) is 10.1. The minimum atomic E-state index is -3.56. The van der Waals surface area contributed by atoms with Crippen LogP contribution in [0.4, 0.5) is 10.1 Å². The van der Waals surface area contributed by atoms with E-state index in [1.54, 1.807) is 24.3 Å². The van der Waals surface area contributed by atoms with Gasteiger partial charge in [-0.2, -0.15) is 4.31 Å². The average Bonchev–Trinajstić information content (AvgIpc) is 2.82. The Morgan fingerprint density at radius 3 is 2.50 bits per heavy atom. The minimum Gasteiger partial charge on any atom is -0.379 e. The van der Waals surface area contributed by atoms with Crippen LogP contribution in [-0.2, 0) is 26.1 Å². The fourth-order valence-corrected chi connectivity index (χ4v) is 5.58. The van der Waals surface area contributed by atoms with Gasteiger partial charge in [-0.1, -0.05) is 18.2 Å². The molecule has 2 aromatic carbocycles. The van der Waals surface area contributed by atoms with Crippen molar-refractivity contribution in [2.45, 2.75) is 24.3 Å². The molecular formula is C23H28FN3O4S. The lowest BCUT2D eigenvalue weighted by atomic mass is 9.96. The number of carbonyl (C=O) groups excluding carboxylic acids is 1. The maximum atomic E-state index is 14.0. The second-order valence-electron chi connectivity index (χ2n) is 8.20. The number of benzene rings is 2. The van der Waals surface area contributed by atoms with Crippen LogP contribution in [0, 0.1) is 11.7 Å². The van der Waals surface area contributed by atoms with Gasteiger partial charge in [0.25, 0.3) is 0 Å². The van der Waals surface area contributed by atoms with Crippen molar-refractivity contribution in [3.8, 4) is 0 Å². The van der Waals surface area contributed by atoms with Crippen molar-refractivity contribution in [2.24, 2.45) is 5.92 Å². The summed E-state index contributed by atoms with van der Waals surface area (Å²) in [6.07, 6.45) is 1.63. The summed E-state index contributed by atoms with van der Waals surface area (Å²) in [5, 5.41) is 2.90. The summed E-state index contributed by atoms with van der Waals surface area (Å²) < 4.78 is 46.1. The number of hydrogen-bond acceptors (Lipinski definition) is 5. The Hall–Kier alpha value is -2.33. The highest BCUT2D eigenvalue weighted by molar-refractivity contribution is 7.89. The molecule has 1 amide bonds. The molecule has 32 heavy (non-hydrogen) atoms. The predicted octanol–water partition coefficient (Wildman–Crippen LogP) is 2.70. The Morgan fingerprint density at radius 1 is 1.06 bits per heavy atom. The molecule has 172 valence electrons. The number of ether oxygens (including phenoxy) is 1. The lowest BCUT2D eigenvalue weighted by Gasteiger charge is -2.32. The van der Waals surface area contributed by atoms with Gasteiger partial charge in [-0.05, 0) is 49.7 Å². The SMILES string of the molecule is O=C(Nc1ccc(S(=O)(=O)N2CCOCC2)cc1)C1CCCN(Cc2ccccc2F)C1. The summed E-state index contributed by atoms with van der Waals surface area (Å²) in [6, 6.07) is 13.0. The number of anilines is 1. The van der Waals surface area contributed by atoms with Crippen LogP contribution < -0.4 is 5.32 Å². The molecule has 0 radical (unpaired) electrons. The highest BCUT2D eigenvalue weighted by Crippen LogP contribution is 2.23. The van der Waals surface area contributed by atoms with Crippen LogP contribution in [-0.4, -0.2) is 62.9 Å². The topological polar surface area (TPSA) is 79.0 Å². The first-order chi connectivity index (χ1) is 15.4. The second-order valence-corrected chi connectivity index (χ2v) is 10.1. The monoisotopic (exact) mass is 461 g/mol. The minimum absolute atomic E-state index is 0.105. The Balaban J connectivity index is 1.35. The third kappa shape index (κ3) is 5.35. The average molecular weight is 462 g/mol. The van der Waals surface area contributed by atoms with Crippen LogP contribution in [0.2, 0.25) is 0 Å². The number of morpholine rings is 1. The predicted molar refractivity (Wildman–Crippen MR) is 119 cm³/mol. The standard InChI is InChI=1S/C23H28FN3O4S/c24-22-6-2-1-4-18(22)16-26-11-3-5-19(17-26)23(28)25-20-7-9-21(10-8-20)32(29,30)27-12-14-31-15-13-27/h1-2,4,6-10,19H,3,5,11-17H2,(H,25,28). The molecule has 0 saturated carbocycles. The normalized spacial score (nSPS) is 20.7. The summed E-state index contributed by atoms with van der Waals surface area (Å²) >= 11 is 0. The first kappa shape index (κ1) is 22.8. The first-order valence-electron chi connectivity index (χ1n) is 10.9. The fourth-order valence-electron chi connectivity index (χ4n) is 4.17. The van der Waals surface area contributed by atoms with E-state index in [9.17, 15) is 17.6 Å². The number of hydrogen-bond donors (Lipinski definition) is 1. The van der Waals surface area contributed by atoms with Crippen molar-refractivity contribution in [2.75, 3.05) is 44.7 Å². The van der Waals surface area contributed by atoms with E-state index in [2.05, 4.69) is 10.2 Å². The van der Waals surface area contributed by atoms with Crippen molar-refractivity contribution in [3.05, 3.63) is 59.9 Å². The van der Waals surface area contributed by atoms with E-state index < -0.39 is 10.0 Å². The largest absolute Gasteiger partial charge is 0.379 e. The maximum Gasteiger partial charge on any atom is 0.243 e. The zero-order valence-corrected chi connectivity index (χ0v) is 18.7. The molecule has 2 fully saturated rings. The fraction of sp³-hybridized carbons (Fsp3) is 0.435. The number of sulfonamides is 1. The molecule has 1 N–H and O–H groups in total. The number of carbonyl (C=O) groups is 1. The molecule has 4 rings (SSSR count). The van der Waals surface area contributed by atoms with Crippen molar-refractivity contribution in [3.63, 3.8) is 0 Å². The highest BCUT2D eigenvalue weighted by atomic mass is 32.2. The molecule has 1 unspecified atom stereocenters. The zero-order valence-electron chi connectivity index (χ0n) is 17.9. The molecule has 2 heterocycles. The first-order valence-corrected chi connectivity index (χ1v) is 12.3. The summed E-state index contributed by atoms with van der Waals surface area (Å²) in [6.45, 7) is 3.32. The van der Waals surface area contributed by atoms with E-state index in [1.807, 2.05) is 6.07 Å². The molecule has 2 saturated heterocycles. The summed E-state index contributed by atoms with van der Waals surface area (Å²) in [4.78, 5) is 15.1. The van der Waals surface area contributed by atoms with Gasteiger partial charge in [0.15, 0.2) is 0 Å². The number of rotatable bonds is 6. The van der Waals surface area contributed by atoms with Crippen LogP contribution >= 0.6 is 0 Å². The van der Waals surface area contributed by atoms with E-state index in [4.69, 9.17) is 4.74 Å². The van der Waals surface area contributed by atoms with E-state index in [0.717, 1.165) is 19.4 Å². The summed E-state index contributed by atoms with van der Waals surface area (Å²) in [7, 11) is -3.56. The molecule has 0 aliphatic carbocycles. The molecule has 7 nitrogen and oxygen atoms in total. The van der Waals surface area contributed by atoms with Crippen molar-refractivity contribution in [1.29, 1.82) is 0 Å². The molecule has 1 atom stereocenters. The molecule has 0 bridgehead atoms. The summed E-state index contributed by atoms with van der Waals surface area (Å²) in [5.74, 6) is -0.537. The van der Waals surface area contributed by atoms with Gasteiger partial charge < -0.3 is 10.1 Å². The van der Waals surface area contributed by atoms with E-state index in [-0.39, 0.29) is 22.5 Å². The smallest absolute Gasteiger partial charge is 0.243 e. The number of halogens is 1. The van der Waals surface area contributed by atoms with E-state index in [1.165, 1.54) is 22.5 Å². The molecule has 2 aromatic rings. The third-order valence-electron chi connectivity index (χ3n) is 5.96. The molecule has 2 aliphatic rings. The van der Waals surface area contributed by atoms with Crippen molar-refractivity contribution >= 4 is 21.6 Å². The van der Waals surface area contributed by atoms with Gasteiger partial charge in [-0.3, -0.25) is 9.69 Å². The highest BCUT2D eigenvalue weighted by Gasteiger charge is 2.28. The van der Waals surface area contributed by atoms with Crippen molar-refractivity contribution < 1.29 is 22.3 Å². The number of piperidine rings is 1. The third-order valence-corrected chi connectivity index (χ3v) is 7.87. The van der Waals surface area contributed by atoms with E-state index in [0.29, 0.717) is 50.6 Å². The van der Waals surface area contributed by atoms with E-state index >= 15 is 0 Å². The Morgan fingerprint density at radius 2 is 1.78 bits per heavy atom. The Kier molecular flexibility index (Phi) is 7.20. The number of nitrogens with zero attached hydrogens (tertiary/aromatic N) is 2. The number of nitrogens with one attached hydrogen (secondary N) is 1. The molecule has 2 aliphatic heterocycles. The zero-order chi connectivity index (χ0) is 22.6. The van der Waals surface area contributed by atoms with Crippen LogP contribution in [0.15, 0.2) is 53.4 Å². The Labute approximate surface area is 188 Å². The molecule has 0 spiro atoms. The number of amides is 1. The van der Waals surface area contributed by atoms with Gasteiger partial charge >= 0.3 is 0 Å². The van der Waals surface area contributed by atoms with Crippen LogP contribution in [0.1, 0.15) is 18.4 Å². The van der Waals surface area contributed by atoms with Gasteiger partial charge in [0, 0.05) is 37.4 Å². The quantitative estimate of drug-likeness (QED) is 0.716. The van der Waals surface area contributed by atoms with Gasteiger partial charge in [-0.15, -0.1) is 0 Å². The molecular weight excluding hydrogens is 433 g/mol. The number of likely N-dealkylation sites (tertiary alicyclic amines) is 1. The van der Waals surface area contributed by atoms with Gasteiger partial charge in [0.05, 0.1) is 24.0 Å². The molecule has 9 heteroatoms. The van der Waals surface area contributed by atoms with Crippen LogP contribution in [0.5, 0.6) is 0 Å². The maximum absolute atomic E-state index is 14.0. The lowest BCUT2D eigenvalue weighted by molar-refractivity contribution is -0.121. The van der Waals surface area contributed by atoms with Gasteiger partial charge in [0.1, 0.15) is 5.82 Å². The lowest BCUT2D eigenvalue weighted by Crippen LogP contribution is -2.40. The van der Waals surface area contributed by atoms with Gasteiger partial charge in [-0.25, -0.2) is 12.8 Å². The Bertz CT molecular complexity index is 1040. The van der Waals surface area contributed by atoms with Gasteiger partial charge in [0.2, 0.25) is 15.9 Å². The van der Waals surface area contributed by atoms with Crippen LogP contribution in [0.3, 0.4) is 0 Å². The van der Waals surface area contributed by atoms with Crippen molar-refractivity contribution in [1.82, 2.24) is 9.21 Å². The van der Waals surface area contributed by atoms with Crippen LogP contribution in [0.25, 0.3) is 0 Å². The molecule has 0 aromatic heterocycles. The summed E-state index contributed by atoms with van der Waals surface area (Å²) in [5.41, 5.74) is 1.19.